The zero-order valence-electron chi connectivity index (χ0n) is 6.18. The number of nitrogens with two attached hydrogens (primary N) is 1. The van der Waals surface area contributed by atoms with Crippen LogP contribution in [-0.2, 0) is 0 Å². The topological polar surface area (TPSA) is 26.0 Å². The summed E-state index contributed by atoms with van der Waals surface area (Å²) >= 11 is 0. The van der Waals surface area contributed by atoms with Crippen LogP contribution in [0.2, 0.25) is 0 Å². The van der Waals surface area contributed by atoms with Crippen LogP contribution in [0.1, 0.15) is 26.7 Å². The van der Waals surface area contributed by atoms with Crippen LogP contribution in [0.15, 0.2) is 0 Å². The van der Waals surface area contributed by atoms with Gasteiger partial charge in [0.1, 0.15) is 0 Å². The first kappa shape index (κ1) is 9.25. The van der Waals surface area contributed by atoms with E-state index in [9.17, 15) is 0 Å². The molecule has 0 radical (unpaired) electrons. The molecule has 1 nitrogen and oxygen atoms in total. The van der Waals surface area contributed by atoms with Crippen LogP contribution in [0, 0.1) is 11.3 Å². The summed E-state index contributed by atoms with van der Waals surface area (Å²) in [6, 6.07) is 0. The molecular weight excluding hydrogens is 134 g/mol. The molecule has 1 fully saturated rings. The predicted molar refractivity (Wildman–Crippen MR) is 42.8 cm³/mol. The van der Waals surface area contributed by atoms with E-state index in [0.717, 1.165) is 12.5 Å². The van der Waals surface area contributed by atoms with Crippen LogP contribution in [0.4, 0.5) is 0 Å². The Morgan fingerprint density at radius 1 is 1.44 bits per heavy atom. The lowest BCUT2D eigenvalue weighted by Crippen LogP contribution is -2.25. The van der Waals surface area contributed by atoms with E-state index in [2.05, 4.69) is 13.8 Å². The third-order valence-corrected chi connectivity index (χ3v) is 2.21. The third-order valence-electron chi connectivity index (χ3n) is 2.21. The summed E-state index contributed by atoms with van der Waals surface area (Å²) in [6.45, 7) is 5.35. The van der Waals surface area contributed by atoms with Crippen molar-refractivity contribution in [2.45, 2.75) is 26.7 Å². The Labute approximate surface area is 63.4 Å². The Kier molecular flexibility index (Phi) is 2.97. The Hall–Kier alpha value is 0.250. The van der Waals surface area contributed by atoms with Crippen molar-refractivity contribution in [2.75, 3.05) is 6.54 Å². The summed E-state index contributed by atoms with van der Waals surface area (Å²) < 4.78 is 0. The van der Waals surface area contributed by atoms with Gasteiger partial charge in [-0.05, 0) is 30.7 Å². The SMILES string of the molecule is CC(C)(CN)C1CC1.Cl. The van der Waals surface area contributed by atoms with E-state index in [1.54, 1.807) is 0 Å². The number of halogens is 1. The molecule has 0 heterocycles. The Morgan fingerprint density at radius 3 is 2.00 bits per heavy atom. The van der Waals surface area contributed by atoms with Gasteiger partial charge in [-0.25, -0.2) is 0 Å². The van der Waals surface area contributed by atoms with E-state index in [1.807, 2.05) is 0 Å². The fraction of sp³-hybridized carbons (Fsp3) is 1.00. The quantitative estimate of drug-likeness (QED) is 0.637. The maximum atomic E-state index is 5.55. The first-order valence-electron chi connectivity index (χ1n) is 3.37. The van der Waals surface area contributed by atoms with Crippen molar-refractivity contribution in [1.82, 2.24) is 0 Å². The molecule has 2 heteroatoms. The van der Waals surface area contributed by atoms with Gasteiger partial charge in [0.2, 0.25) is 0 Å². The largest absolute Gasteiger partial charge is 0.330 e. The van der Waals surface area contributed by atoms with Gasteiger partial charge < -0.3 is 5.73 Å². The highest BCUT2D eigenvalue weighted by molar-refractivity contribution is 5.85. The smallest absolute Gasteiger partial charge is 0.00232 e. The second-order valence-electron chi connectivity index (χ2n) is 3.47. The fourth-order valence-electron chi connectivity index (χ4n) is 1.03. The first-order chi connectivity index (χ1) is 3.67. The Balaban J connectivity index is 0.000000640. The lowest BCUT2D eigenvalue weighted by Gasteiger charge is -2.20. The summed E-state index contributed by atoms with van der Waals surface area (Å²) in [6.07, 6.45) is 2.81. The summed E-state index contributed by atoms with van der Waals surface area (Å²) in [4.78, 5) is 0. The van der Waals surface area contributed by atoms with Gasteiger partial charge in [-0.15, -0.1) is 12.4 Å². The zero-order chi connectivity index (χ0) is 6.20. The van der Waals surface area contributed by atoms with Crippen molar-refractivity contribution < 1.29 is 0 Å². The van der Waals surface area contributed by atoms with Gasteiger partial charge in [-0.3, -0.25) is 0 Å². The van der Waals surface area contributed by atoms with E-state index >= 15 is 0 Å². The summed E-state index contributed by atoms with van der Waals surface area (Å²) in [5.41, 5.74) is 5.98. The molecular formula is C7H16ClN. The van der Waals surface area contributed by atoms with Crippen LogP contribution in [0.3, 0.4) is 0 Å². The molecule has 9 heavy (non-hydrogen) atoms. The Morgan fingerprint density at radius 2 is 1.89 bits per heavy atom. The average Bonchev–Trinajstić information content (AvgIpc) is 2.44. The second kappa shape index (κ2) is 2.89. The number of rotatable bonds is 2. The normalized spacial score (nSPS) is 19.0. The molecule has 0 saturated heterocycles. The van der Waals surface area contributed by atoms with Crippen LogP contribution in [0.25, 0.3) is 0 Å². The molecule has 1 rings (SSSR count). The lowest BCUT2D eigenvalue weighted by molar-refractivity contribution is 0.322. The van der Waals surface area contributed by atoms with Crippen molar-refractivity contribution in [3.05, 3.63) is 0 Å². The predicted octanol–water partition coefficient (Wildman–Crippen LogP) is 1.80. The summed E-state index contributed by atoms with van der Waals surface area (Å²) in [7, 11) is 0. The first-order valence-corrected chi connectivity index (χ1v) is 3.37. The van der Waals surface area contributed by atoms with Gasteiger partial charge in [-0.2, -0.15) is 0 Å². The van der Waals surface area contributed by atoms with E-state index in [4.69, 9.17) is 5.73 Å². The van der Waals surface area contributed by atoms with Crippen LogP contribution >= 0.6 is 12.4 Å². The van der Waals surface area contributed by atoms with Crippen molar-refractivity contribution in [3.8, 4) is 0 Å². The van der Waals surface area contributed by atoms with Gasteiger partial charge in [0.15, 0.2) is 0 Å². The molecule has 0 atom stereocenters. The maximum absolute atomic E-state index is 5.55. The van der Waals surface area contributed by atoms with Crippen LogP contribution < -0.4 is 5.73 Å². The zero-order valence-corrected chi connectivity index (χ0v) is 7.00. The number of hydrogen-bond donors (Lipinski definition) is 1. The van der Waals surface area contributed by atoms with Gasteiger partial charge in [0.05, 0.1) is 0 Å². The summed E-state index contributed by atoms with van der Waals surface area (Å²) in [5, 5.41) is 0. The maximum Gasteiger partial charge on any atom is -0.00232 e. The lowest BCUT2D eigenvalue weighted by atomic mass is 9.88. The second-order valence-corrected chi connectivity index (χ2v) is 3.47. The van der Waals surface area contributed by atoms with Crippen LogP contribution in [0.5, 0.6) is 0 Å². The molecule has 0 bridgehead atoms. The summed E-state index contributed by atoms with van der Waals surface area (Å²) in [5.74, 6) is 0.937. The van der Waals surface area contributed by atoms with E-state index in [1.165, 1.54) is 12.8 Å². The van der Waals surface area contributed by atoms with E-state index in [0.29, 0.717) is 5.41 Å². The van der Waals surface area contributed by atoms with Crippen molar-refractivity contribution in [2.24, 2.45) is 17.1 Å². The molecule has 1 saturated carbocycles. The average molecular weight is 150 g/mol. The highest BCUT2D eigenvalue weighted by Crippen LogP contribution is 2.44. The van der Waals surface area contributed by atoms with Crippen molar-refractivity contribution >= 4 is 12.4 Å². The Bertz CT molecular complexity index is 86.9. The van der Waals surface area contributed by atoms with Gasteiger partial charge in [-0.1, -0.05) is 13.8 Å². The molecule has 0 unspecified atom stereocenters. The molecule has 1 aliphatic carbocycles. The third kappa shape index (κ3) is 2.15. The molecule has 2 N–H and O–H groups in total. The van der Waals surface area contributed by atoms with Crippen molar-refractivity contribution in [1.29, 1.82) is 0 Å². The standard InChI is InChI=1S/C7H15N.ClH/c1-7(2,5-8)6-3-4-6;/h6H,3-5,8H2,1-2H3;1H. The fourth-order valence-corrected chi connectivity index (χ4v) is 1.03. The molecule has 0 spiro atoms. The molecule has 0 aliphatic heterocycles. The van der Waals surface area contributed by atoms with Gasteiger partial charge >= 0.3 is 0 Å². The molecule has 0 aromatic rings. The minimum absolute atomic E-state index is 0. The van der Waals surface area contributed by atoms with E-state index < -0.39 is 0 Å². The molecule has 0 amide bonds. The van der Waals surface area contributed by atoms with Gasteiger partial charge in [0, 0.05) is 0 Å². The highest BCUT2D eigenvalue weighted by Gasteiger charge is 2.36. The minimum atomic E-state index is 0. The van der Waals surface area contributed by atoms with Gasteiger partial charge in [0.25, 0.3) is 0 Å². The van der Waals surface area contributed by atoms with Crippen LogP contribution in [-0.4, -0.2) is 6.54 Å². The number of hydrogen-bond acceptors (Lipinski definition) is 1. The molecule has 1 aliphatic rings. The van der Waals surface area contributed by atoms with Crippen molar-refractivity contribution in [3.63, 3.8) is 0 Å². The minimum Gasteiger partial charge on any atom is -0.330 e. The molecule has 0 aromatic heterocycles. The monoisotopic (exact) mass is 149 g/mol. The van der Waals surface area contributed by atoms with E-state index in [-0.39, 0.29) is 12.4 Å². The highest BCUT2D eigenvalue weighted by atomic mass is 35.5. The molecule has 56 valence electrons. The molecule has 0 aromatic carbocycles.